The van der Waals surface area contributed by atoms with Crippen LogP contribution in [0.3, 0.4) is 0 Å². The van der Waals surface area contributed by atoms with E-state index in [0.717, 1.165) is 10.1 Å². The molecule has 2 aromatic carbocycles. The first kappa shape index (κ1) is 17.4. The summed E-state index contributed by atoms with van der Waals surface area (Å²) in [6, 6.07) is 15.6. The molecule has 25 heavy (non-hydrogen) atoms. The Morgan fingerprint density at radius 2 is 1.68 bits per heavy atom. The molecule has 3 rings (SSSR count). The largest absolute Gasteiger partial charge is 0.423 e. The Morgan fingerprint density at radius 1 is 1.04 bits per heavy atom. The van der Waals surface area contributed by atoms with Gasteiger partial charge in [0.1, 0.15) is 0 Å². The number of halogens is 3. The zero-order chi connectivity index (χ0) is 18.1. The Kier molecular flexibility index (Phi) is 4.53. The van der Waals surface area contributed by atoms with Crippen molar-refractivity contribution in [3.63, 3.8) is 0 Å². The molecule has 0 aliphatic heterocycles. The van der Waals surface area contributed by atoms with Gasteiger partial charge in [-0.2, -0.15) is 13.2 Å². The van der Waals surface area contributed by atoms with Crippen LogP contribution in [0.25, 0.3) is 10.1 Å². The van der Waals surface area contributed by atoms with Crippen molar-refractivity contribution in [1.82, 2.24) is 5.32 Å². The fraction of sp³-hybridized carbons (Fsp3) is 0.167. The number of aliphatic hydroxyl groups is 1. The summed E-state index contributed by atoms with van der Waals surface area (Å²) in [4.78, 5) is 12.5. The van der Waals surface area contributed by atoms with Crippen molar-refractivity contribution in [2.45, 2.75) is 11.8 Å². The lowest BCUT2D eigenvalue weighted by Crippen LogP contribution is -2.51. The average Bonchev–Trinajstić information content (AvgIpc) is 3.03. The highest BCUT2D eigenvalue weighted by Gasteiger charge is 2.55. The summed E-state index contributed by atoms with van der Waals surface area (Å²) in [5.74, 6) is -0.653. The maximum Gasteiger partial charge on any atom is 0.423 e. The summed E-state index contributed by atoms with van der Waals surface area (Å²) in [7, 11) is 0. The highest BCUT2D eigenvalue weighted by Crippen LogP contribution is 2.38. The van der Waals surface area contributed by atoms with E-state index in [-0.39, 0.29) is 5.56 Å². The Bertz CT molecular complexity index is 859. The molecule has 0 spiro atoms. The number of fused-ring (bicyclic) bond motifs is 1. The van der Waals surface area contributed by atoms with Crippen LogP contribution < -0.4 is 5.32 Å². The second kappa shape index (κ2) is 6.50. The molecule has 0 saturated heterocycles. The SMILES string of the molecule is O=C(NC[C@](O)(c1ccccc1)C(F)(F)F)c1cc2ccccc2s1. The summed E-state index contributed by atoms with van der Waals surface area (Å²) < 4.78 is 41.1. The van der Waals surface area contributed by atoms with Gasteiger partial charge in [-0.05, 0) is 23.1 Å². The van der Waals surface area contributed by atoms with Gasteiger partial charge in [0.25, 0.3) is 5.91 Å². The van der Waals surface area contributed by atoms with E-state index in [4.69, 9.17) is 0 Å². The van der Waals surface area contributed by atoms with Gasteiger partial charge in [-0.1, -0.05) is 48.5 Å². The third kappa shape index (κ3) is 3.38. The van der Waals surface area contributed by atoms with Crippen LogP contribution in [-0.2, 0) is 5.60 Å². The normalized spacial score (nSPS) is 14.2. The molecule has 0 aliphatic carbocycles. The van der Waals surface area contributed by atoms with E-state index in [0.29, 0.717) is 4.88 Å². The van der Waals surface area contributed by atoms with Crippen molar-refractivity contribution in [2.24, 2.45) is 0 Å². The second-order valence-corrected chi connectivity index (χ2v) is 6.64. The van der Waals surface area contributed by atoms with Crippen LogP contribution in [0.5, 0.6) is 0 Å². The van der Waals surface area contributed by atoms with E-state index in [1.807, 2.05) is 24.3 Å². The van der Waals surface area contributed by atoms with Gasteiger partial charge in [-0.15, -0.1) is 11.3 Å². The fourth-order valence-electron chi connectivity index (χ4n) is 2.47. The van der Waals surface area contributed by atoms with Gasteiger partial charge in [0, 0.05) is 4.70 Å². The first-order valence-electron chi connectivity index (χ1n) is 7.43. The molecule has 7 heteroatoms. The molecule has 130 valence electrons. The summed E-state index contributed by atoms with van der Waals surface area (Å²) in [5, 5.41) is 13.3. The van der Waals surface area contributed by atoms with E-state index in [1.54, 1.807) is 12.1 Å². The van der Waals surface area contributed by atoms with E-state index in [2.05, 4.69) is 5.32 Å². The molecule has 0 radical (unpaired) electrons. The quantitative estimate of drug-likeness (QED) is 0.732. The van der Waals surface area contributed by atoms with Crippen molar-refractivity contribution >= 4 is 27.3 Å². The van der Waals surface area contributed by atoms with Gasteiger partial charge in [-0.25, -0.2) is 0 Å². The second-order valence-electron chi connectivity index (χ2n) is 5.56. The minimum Gasteiger partial charge on any atom is -0.375 e. The average molecular weight is 365 g/mol. The summed E-state index contributed by atoms with van der Waals surface area (Å²) in [6.45, 7) is -0.965. The maximum absolute atomic E-state index is 13.4. The Balaban J connectivity index is 1.82. The summed E-state index contributed by atoms with van der Waals surface area (Å²) >= 11 is 1.18. The molecule has 0 bridgehead atoms. The number of amides is 1. The highest BCUT2D eigenvalue weighted by molar-refractivity contribution is 7.20. The van der Waals surface area contributed by atoms with Crippen LogP contribution in [0.2, 0.25) is 0 Å². The lowest BCUT2D eigenvalue weighted by molar-refractivity contribution is -0.263. The predicted molar refractivity (Wildman–Crippen MR) is 90.6 cm³/mol. The number of rotatable bonds is 4. The zero-order valence-electron chi connectivity index (χ0n) is 12.9. The topological polar surface area (TPSA) is 49.3 Å². The molecule has 0 saturated carbocycles. The number of alkyl halides is 3. The smallest absolute Gasteiger partial charge is 0.375 e. The minimum absolute atomic E-state index is 0.291. The Morgan fingerprint density at radius 3 is 2.32 bits per heavy atom. The summed E-state index contributed by atoms with van der Waals surface area (Å²) in [6.07, 6.45) is -4.93. The summed E-state index contributed by atoms with van der Waals surface area (Å²) in [5.41, 5.74) is -3.47. The number of hydrogen-bond acceptors (Lipinski definition) is 3. The van der Waals surface area contributed by atoms with Crippen molar-refractivity contribution < 1.29 is 23.1 Å². The standard InChI is InChI=1S/C18H14F3NO2S/c19-18(20,21)17(24,13-7-2-1-3-8-13)11-22-16(23)15-10-12-6-4-5-9-14(12)25-15/h1-10,24H,11H2,(H,22,23)/t17-/m0/s1. The third-order valence-corrected chi connectivity index (χ3v) is 4.99. The van der Waals surface area contributed by atoms with Crippen LogP contribution in [0.1, 0.15) is 15.2 Å². The molecule has 1 atom stereocenters. The van der Waals surface area contributed by atoms with Crippen LogP contribution >= 0.6 is 11.3 Å². The van der Waals surface area contributed by atoms with Gasteiger partial charge in [-0.3, -0.25) is 4.79 Å². The van der Waals surface area contributed by atoms with Crippen molar-refractivity contribution in [3.05, 3.63) is 71.1 Å². The van der Waals surface area contributed by atoms with Crippen LogP contribution in [-0.4, -0.2) is 23.7 Å². The molecule has 0 unspecified atom stereocenters. The number of carbonyl (C=O) groups excluding carboxylic acids is 1. The number of benzene rings is 2. The van der Waals surface area contributed by atoms with E-state index in [9.17, 15) is 23.1 Å². The Hall–Kier alpha value is -2.38. The minimum atomic E-state index is -4.93. The fourth-order valence-corrected chi connectivity index (χ4v) is 3.45. The molecule has 1 heterocycles. The third-order valence-electron chi connectivity index (χ3n) is 3.87. The van der Waals surface area contributed by atoms with Crippen molar-refractivity contribution in [1.29, 1.82) is 0 Å². The highest BCUT2D eigenvalue weighted by atomic mass is 32.1. The predicted octanol–water partition coefficient (Wildman–Crippen LogP) is 4.08. The van der Waals surface area contributed by atoms with Gasteiger partial charge >= 0.3 is 6.18 Å². The number of thiophene rings is 1. The van der Waals surface area contributed by atoms with E-state index in [1.165, 1.54) is 35.6 Å². The molecule has 3 nitrogen and oxygen atoms in total. The van der Waals surface area contributed by atoms with E-state index < -0.39 is 24.2 Å². The monoisotopic (exact) mass is 365 g/mol. The molecule has 1 aromatic heterocycles. The molecule has 0 aliphatic rings. The number of carbonyl (C=O) groups is 1. The lowest BCUT2D eigenvalue weighted by Gasteiger charge is -2.31. The molecule has 2 N–H and O–H groups in total. The van der Waals surface area contributed by atoms with Crippen molar-refractivity contribution in [3.8, 4) is 0 Å². The molecule has 0 fully saturated rings. The molecule has 1 amide bonds. The Labute approximate surface area is 145 Å². The number of nitrogens with one attached hydrogen (secondary N) is 1. The number of hydrogen-bond donors (Lipinski definition) is 2. The van der Waals surface area contributed by atoms with E-state index >= 15 is 0 Å². The first-order chi connectivity index (χ1) is 11.8. The molecular formula is C18H14F3NO2S. The van der Waals surface area contributed by atoms with Gasteiger partial charge in [0.15, 0.2) is 0 Å². The maximum atomic E-state index is 13.4. The van der Waals surface area contributed by atoms with Crippen molar-refractivity contribution in [2.75, 3.05) is 6.54 Å². The molecule has 3 aromatic rings. The van der Waals surface area contributed by atoms with Gasteiger partial charge < -0.3 is 10.4 Å². The van der Waals surface area contributed by atoms with Gasteiger partial charge in [0.05, 0.1) is 11.4 Å². The molecular weight excluding hydrogens is 351 g/mol. The van der Waals surface area contributed by atoms with Crippen LogP contribution in [0, 0.1) is 0 Å². The van der Waals surface area contributed by atoms with Crippen LogP contribution in [0.4, 0.5) is 13.2 Å². The zero-order valence-corrected chi connectivity index (χ0v) is 13.7. The first-order valence-corrected chi connectivity index (χ1v) is 8.24. The lowest BCUT2D eigenvalue weighted by atomic mass is 9.93. The van der Waals surface area contributed by atoms with Crippen LogP contribution in [0.15, 0.2) is 60.7 Å². The van der Waals surface area contributed by atoms with Gasteiger partial charge in [0.2, 0.25) is 5.60 Å².